The minimum atomic E-state index is 0. The molecule has 1 saturated heterocycles. The summed E-state index contributed by atoms with van der Waals surface area (Å²) < 4.78 is 0. The highest BCUT2D eigenvalue weighted by Gasteiger charge is 2.24. The minimum absolute atomic E-state index is 0. The maximum Gasteiger partial charge on any atom is 0.223 e. The van der Waals surface area contributed by atoms with Crippen LogP contribution in [0, 0.1) is 5.92 Å². The SMILES string of the molecule is Cl.O=C(NCCN1CCNCC1)C1CCC1. The van der Waals surface area contributed by atoms with Crippen molar-refractivity contribution in [2.24, 2.45) is 5.92 Å². The van der Waals surface area contributed by atoms with Crippen molar-refractivity contribution in [3.63, 3.8) is 0 Å². The molecule has 16 heavy (non-hydrogen) atoms. The number of piperazine rings is 1. The molecule has 1 aliphatic heterocycles. The van der Waals surface area contributed by atoms with Crippen LogP contribution in [-0.2, 0) is 4.79 Å². The lowest BCUT2D eigenvalue weighted by Gasteiger charge is -2.28. The lowest BCUT2D eigenvalue weighted by molar-refractivity contribution is -0.127. The quantitative estimate of drug-likeness (QED) is 0.748. The van der Waals surface area contributed by atoms with E-state index in [0.29, 0.717) is 5.92 Å². The van der Waals surface area contributed by atoms with Gasteiger partial charge in [-0.25, -0.2) is 0 Å². The largest absolute Gasteiger partial charge is 0.355 e. The normalized spacial score (nSPS) is 22.0. The van der Waals surface area contributed by atoms with Crippen LogP contribution in [0.5, 0.6) is 0 Å². The first-order valence-electron chi connectivity index (χ1n) is 6.07. The molecule has 0 aromatic heterocycles. The van der Waals surface area contributed by atoms with Crippen molar-refractivity contribution in [2.45, 2.75) is 19.3 Å². The summed E-state index contributed by atoms with van der Waals surface area (Å²) in [7, 11) is 0. The predicted molar refractivity (Wildman–Crippen MR) is 66.9 cm³/mol. The molecule has 94 valence electrons. The highest BCUT2D eigenvalue weighted by Crippen LogP contribution is 2.25. The van der Waals surface area contributed by atoms with E-state index < -0.39 is 0 Å². The zero-order valence-electron chi connectivity index (χ0n) is 9.71. The van der Waals surface area contributed by atoms with Crippen molar-refractivity contribution in [3.8, 4) is 0 Å². The summed E-state index contributed by atoms with van der Waals surface area (Å²) in [5.41, 5.74) is 0. The number of amides is 1. The van der Waals surface area contributed by atoms with E-state index in [-0.39, 0.29) is 18.3 Å². The highest BCUT2D eigenvalue weighted by molar-refractivity contribution is 5.85. The molecule has 0 radical (unpaired) electrons. The Labute approximate surface area is 104 Å². The average Bonchev–Trinajstić information content (AvgIpc) is 2.16. The fourth-order valence-electron chi connectivity index (χ4n) is 2.09. The maximum absolute atomic E-state index is 11.5. The Morgan fingerprint density at radius 1 is 1.31 bits per heavy atom. The first-order valence-corrected chi connectivity index (χ1v) is 6.07. The molecule has 0 spiro atoms. The smallest absolute Gasteiger partial charge is 0.223 e. The molecule has 2 N–H and O–H groups in total. The van der Waals surface area contributed by atoms with E-state index in [1.807, 2.05) is 0 Å². The topological polar surface area (TPSA) is 44.4 Å². The van der Waals surface area contributed by atoms with Crippen molar-refractivity contribution in [1.82, 2.24) is 15.5 Å². The van der Waals surface area contributed by atoms with Crippen LogP contribution in [0.4, 0.5) is 0 Å². The van der Waals surface area contributed by atoms with Gasteiger partial charge in [-0.2, -0.15) is 0 Å². The number of halogens is 1. The van der Waals surface area contributed by atoms with Gasteiger partial charge in [0.15, 0.2) is 0 Å². The van der Waals surface area contributed by atoms with Gasteiger partial charge < -0.3 is 10.6 Å². The fraction of sp³-hybridized carbons (Fsp3) is 0.909. The van der Waals surface area contributed by atoms with Gasteiger partial charge in [0.1, 0.15) is 0 Å². The molecule has 0 aromatic rings. The Kier molecular flexibility index (Phi) is 6.09. The van der Waals surface area contributed by atoms with Crippen molar-refractivity contribution in [3.05, 3.63) is 0 Å². The number of carbonyl (C=O) groups is 1. The molecule has 0 unspecified atom stereocenters. The molecule has 0 atom stereocenters. The number of rotatable bonds is 4. The van der Waals surface area contributed by atoms with Crippen molar-refractivity contribution < 1.29 is 4.79 Å². The molecule has 5 heteroatoms. The number of hydrogen-bond donors (Lipinski definition) is 2. The van der Waals surface area contributed by atoms with Crippen LogP contribution >= 0.6 is 12.4 Å². The lowest BCUT2D eigenvalue weighted by Crippen LogP contribution is -2.47. The maximum atomic E-state index is 11.5. The van der Waals surface area contributed by atoms with Gasteiger partial charge in [-0.15, -0.1) is 12.4 Å². The van der Waals surface area contributed by atoms with E-state index in [0.717, 1.165) is 52.1 Å². The van der Waals surface area contributed by atoms with Crippen LogP contribution in [0.3, 0.4) is 0 Å². The Morgan fingerprint density at radius 3 is 2.56 bits per heavy atom. The monoisotopic (exact) mass is 247 g/mol. The van der Waals surface area contributed by atoms with E-state index in [9.17, 15) is 4.79 Å². The first-order chi connectivity index (χ1) is 7.36. The van der Waals surface area contributed by atoms with E-state index in [1.54, 1.807) is 0 Å². The van der Waals surface area contributed by atoms with Crippen LogP contribution in [-0.4, -0.2) is 50.1 Å². The van der Waals surface area contributed by atoms with Gasteiger partial charge in [0.25, 0.3) is 0 Å². The van der Waals surface area contributed by atoms with Crippen LogP contribution < -0.4 is 10.6 Å². The fourth-order valence-corrected chi connectivity index (χ4v) is 2.09. The third-order valence-electron chi connectivity index (χ3n) is 3.41. The van der Waals surface area contributed by atoms with Crippen LogP contribution in [0.15, 0.2) is 0 Å². The predicted octanol–water partition coefficient (Wildman–Crippen LogP) is 0.230. The molecule has 2 aliphatic rings. The molecular formula is C11H22ClN3O. The second-order valence-electron chi connectivity index (χ2n) is 4.51. The van der Waals surface area contributed by atoms with Gasteiger partial charge in [-0.1, -0.05) is 6.42 Å². The molecular weight excluding hydrogens is 226 g/mol. The number of carbonyl (C=O) groups excluding carboxylic acids is 1. The zero-order valence-corrected chi connectivity index (χ0v) is 10.5. The van der Waals surface area contributed by atoms with Crippen molar-refractivity contribution >= 4 is 18.3 Å². The molecule has 1 heterocycles. The van der Waals surface area contributed by atoms with E-state index in [4.69, 9.17) is 0 Å². The van der Waals surface area contributed by atoms with Crippen LogP contribution in [0.2, 0.25) is 0 Å². The Morgan fingerprint density at radius 2 is 2.00 bits per heavy atom. The number of nitrogens with one attached hydrogen (secondary N) is 2. The standard InChI is InChI=1S/C11H21N3O.ClH/c15-11(10-2-1-3-10)13-6-9-14-7-4-12-5-8-14;/h10,12H,1-9H2,(H,13,15);1H. The second-order valence-corrected chi connectivity index (χ2v) is 4.51. The lowest BCUT2D eigenvalue weighted by atomic mass is 9.85. The molecule has 1 saturated carbocycles. The first kappa shape index (κ1) is 13.7. The molecule has 0 bridgehead atoms. The summed E-state index contributed by atoms with van der Waals surface area (Å²) >= 11 is 0. The molecule has 1 amide bonds. The molecule has 2 rings (SSSR count). The van der Waals surface area contributed by atoms with Gasteiger partial charge in [-0.3, -0.25) is 9.69 Å². The van der Waals surface area contributed by atoms with Gasteiger partial charge in [0, 0.05) is 45.2 Å². The summed E-state index contributed by atoms with van der Waals surface area (Å²) in [4.78, 5) is 13.9. The number of nitrogens with zero attached hydrogens (tertiary/aromatic N) is 1. The summed E-state index contributed by atoms with van der Waals surface area (Å²) in [6.45, 7) is 6.20. The van der Waals surface area contributed by atoms with Gasteiger partial charge >= 0.3 is 0 Å². The molecule has 4 nitrogen and oxygen atoms in total. The van der Waals surface area contributed by atoms with Gasteiger partial charge in [-0.05, 0) is 12.8 Å². The van der Waals surface area contributed by atoms with Gasteiger partial charge in [0.05, 0.1) is 0 Å². The summed E-state index contributed by atoms with van der Waals surface area (Å²) in [6, 6.07) is 0. The summed E-state index contributed by atoms with van der Waals surface area (Å²) in [6.07, 6.45) is 3.43. The second kappa shape index (κ2) is 7.09. The molecule has 2 fully saturated rings. The van der Waals surface area contributed by atoms with Gasteiger partial charge in [0.2, 0.25) is 5.91 Å². The van der Waals surface area contributed by atoms with E-state index in [2.05, 4.69) is 15.5 Å². The van der Waals surface area contributed by atoms with E-state index in [1.165, 1.54) is 6.42 Å². The molecule has 0 aromatic carbocycles. The minimum Gasteiger partial charge on any atom is -0.355 e. The summed E-state index contributed by atoms with van der Waals surface area (Å²) in [5.74, 6) is 0.601. The average molecular weight is 248 g/mol. The van der Waals surface area contributed by atoms with Crippen LogP contribution in [0.1, 0.15) is 19.3 Å². The molecule has 1 aliphatic carbocycles. The zero-order chi connectivity index (χ0) is 10.5. The Balaban J connectivity index is 0.00000128. The van der Waals surface area contributed by atoms with Crippen molar-refractivity contribution in [1.29, 1.82) is 0 Å². The Hall–Kier alpha value is -0.320. The van der Waals surface area contributed by atoms with Crippen molar-refractivity contribution in [2.75, 3.05) is 39.3 Å². The highest BCUT2D eigenvalue weighted by atomic mass is 35.5. The van der Waals surface area contributed by atoms with E-state index >= 15 is 0 Å². The van der Waals surface area contributed by atoms with Crippen LogP contribution in [0.25, 0.3) is 0 Å². The Bertz CT molecular complexity index is 215. The third kappa shape index (κ3) is 3.92. The third-order valence-corrected chi connectivity index (χ3v) is 3.41. The summed E-state index contributed by atoms with van der Waals surface area (Å²) in [5, 5.41) is 6.35. The number of hydrogen-bond acceptors (Lipinski definition) is 3.